The topological polar surface area (TPSA) is 269 Å². The van der Waals surface area contributed by atoms with Gasteiger partial charge in [0.1, 0.15) is 73.2 Å². The van der Waals surface area contributed by atoms with Crippen LogP contribution in [0.2, 0.25) is 0 Å². The normalized spacial score (nSPS) is 52.5. The Hall–Kier alpha value is -0.640. The van der Waals surface area contributed by atoms with E-state index in [4.69, 9.17) is 23.7 Å². The van der Waals surface area contributed by atoms with E-state index in [-0.39, 0.29) is 0 Å². The molecule has 3 aliphatic rings. The van der Waals surface area contributed by atoms with Gasteiger partial charge in [-0.25, -0.2) is 0 Å². The number of rotatable bonds is 7. The van der Waals surface area contributed by atoms with Crippen molar-refractivity contribution in [2.24, 2.45) is 0 Å². The van der Waals surface area contributed by atoms with Gasteiger partial charge in [-0.3, -0.25) is 0 Å². The first-order valence-electron chi connectivity index (χ1n) is 10.6. The first kappa shape index (κ1) is 27.9. The molecule has 16 heteroatoms. The van der Waals surface area contributed by atoms with Gasteiger partial charge in [0.2, 0.25) is 0 Å². The molecular formula is C18H32O16. The molecule has 0 saturated carbocycles. The summed E-state index contributed by atoms with van der Waals surface area (Å²) in [6.07, 6.45) is -25.0. The predicted molar refractivity (Wildman–Crippen MR) is 101 cm³/mol. The maximum absolute atomic E-state index is 10.4. The Balaban J connectivity index is 1.72. The highest BCUT2D eigenvalue weighted by atomic mass is 16.7. The lowest BCUT2D eigenvalue weighted by Crippen LogP contribution is -2.65. The van der Waals surface area contributed by atoms with Crippen LogP contribution in [0.25, 0.3) is 0 Å². The van der Waals surface area contributed by atoms with Crippen LogP contribution in [-0.2, 0) is 23.7 Å². The highest BCUT2D eigenvalue weighted by molar-refractivity contribution is 4.94. The minimum atomic E-state index is -1.91. The SMILES string of the molecule is OCC1O[C@H](O[C@@H]2C(CO[C@H]3OC(CO)[C@@H](O)[C@H](O)C3O)OC(O)C(O)[C@H]2O)C(O)[C@@H](O)[C@@H]1O. The van der Waals surface area contributed by atoms with Crippen molar-refractivity contribution in [3.05, 3.63) is 0 Å². The maximum Gasteiger partial charge on any atom is 0.187 e. The van der Waals surface area contributed by atoms with Gasteiger partial charge in [0.05, 0.1) is 19.8 Å². The molecular weight excluding hydrogens is 472 g/mol. The van der Waals surface area contributed by atoms with E-state index in [0.717, 1.165) is 0 Å². The summed E-state index contributed by atoms with van der Waals surface area (Å²) in [7, 11) is 0. The number of aliphatic hydroxyl groups excluding tert-OH is 11. The highest BCUT2D eigenvalue weighted by Gasteiger charge is 2.51. The molecule has 0 aromatic heterocycles. The van der Waals surface area contributed by atoms with Gasteiger partial charge >= 0.3 is 0 Å². The zero-order valence-corrected chi connectivity index (χ0v) is 17.7. The van der Waals surface area contributed by atoms with Gasteiger partial charge in [0.25, 0.3) is 0 Å². The summed E-state index contributed by atoms with van der Waals surface area (Å²) in [5.41, 5.74) is 0. The maximum atomic E-state index is 10.4. The van der Waals surface area contributed by atoms with Gasteiger partial charge in [0, 0.05) is 0 Å². The van der Waals surface area contributed by atoms with E-state index in [2.05, 4.69) is 0 Å². The quantitative estimate of drug-likeness (QED) is 0.154. The van der Waals surface area contributed by atoms with Crippen molar-refractivity contribution in [1.82, 2.24) is 0 Å². The van der Waals surface area contributed by atoms with Crippen LogP contribution >= 0.6 is 0 Å². The van der Waals surface area contributed by atoms with Crippen LogP contribution < -0.4 is 0 Å². The summed E-state index contributed by atoms with van der Waals surface area (Å²) in [4.78, 5) is 0. The van der Waals surface area contributed by atoms with Crippen molar-refractivity contribution < 1.29 is 79.9 Å². The second kappa shape index (κ2) is 11.6. The molecule has 0 bridgehead atoms. The van der Waals surface area contributed by atoms with E-state index in [0.29, 0.717) is 0 Å². The zero-order valence-electron chi connectivity index (χ0n) is 17.7. The number of ether oxygens (including phenoxy) is 5. The Morgan fingerprint density at radius 1 is 0.500 bits per heavy atom. The number of hydrogen-bond donors (Lipinski definition) is 11. The van der Waals surface area contributed by atoms with Crippen molar-refractivity contribution in [1.29, 1.82) is 0 Å². The molecule has 0 amide bonds. The molecule has 34 heavy (non-hydrogen) atoms. The Morgan fingerprint density at radius 3 is 1.53 bits per heavy atom. The van der Waals surface area contributed by atoms with Crippen LogP contribution in [0.1, 0.15) is 0 Å². The van der Waals surface area contributed by atoms with Gasteiger partial charge in [-0.1, -0.05) is 0 Å². The summed E-state index contributed by atoms with van der Waals surface area (Å²) >= 11 is 0. The molecule has 7 unspecified atom stereocenters. The fourth-order valence-corrected chi connectivity index (χ4v) is 3.95. The van der Waals surface area contributed by atoms with E-state index in [1.165, 1.54) is 0 Å². The Bertz CT molecular complexity index is 637. The average Bonchev–Trinajstić information content (AvgIpc) is 2.82. The van der Waals surface area contributed by atoms with E-state index < -0.39 is 112 Å². The molecule has 3 heterocycles. The molecule has 0 aromatic rings. The van der Waals surface area contributed by atoms with Crippen LogP contribution in [0.3, 0.4) is 0 Å². The molecule has 15 atom stereocenters. The van der Waals surface area contributed by atoms with Crippen LogP contribution in [0.5, 0.6) is 0 Å². The second-order valence-electron chi connectivity index (χ2n) is 8.37. The molecule has 0 spiro atoms. The molecule has 3 saturated heterocycles. The lowest BCUT2D eigenvalue weighted by Gasteiger charge is -2.46. The van der Waals surface area contributed by atoms with Crippen molar-refractivity contribution in [3.8, 4) is 0 Å². The minimum absolute atomic E-state index is 0.619. The lowest BCUT2D eigenvalue weighted by molar-refractivity contribution is -0.363. The van der Waals surface area contributed by atoms with Crippen LogP contribution in [0.4, 0.5) is 0 Å². The molecule has 200 valence electrons. The molecule has 16 nitrogen and oxygen atoms in total. The Morgan fingerprint density at radius 2 is 1.00 bits per heavy atom. The third-order valence-corrected chi connectivity index (χ3v) is 6.07. The summed E-state index contributed by atoms with van der Waals surface area (Å²) in [6, 6.07) is 0. The predicted octanol–water partition coefficient (Wildman–Crippen LogP) is -7.57. The smallest absolute Gasteiger partial charge is 0.187 e. The first-order valence-corrected chi connectivity index (χ1v) is 10.6. The highest BCUT2D eigenvalue weighted by Crippen LogP contribution is 2.30. The van der Waals surface area contributed by atoms with Gasteiger partial charge in [0.15, 0.2) is 18.9 Å². The van der Waals surface area contributed by atoms with Crippen molar-refractivity contribution >= 4 is 0 Å². The fraction of sp³-hybridized carbons (Fsp3) is 1.00. The minimum Gasteiger partial charge on any atom is -0.394 e. The standard InChI is InChI=1S/C18H32O16/c19-1-4-7(21)9(23)13(27)17(32-4)30-3-6-15(11(25)12(26)16(29)31-6)34-18-14(28)10(24)8(22)5(2-20)33-18/h4-29H,1-3H2/t4?,5?,6?,7-,8-,9+,10+,11-,12?,13?,14?,15-,16?,17+,18-/m1/s1. The number of hydrogen-bond acceptors (Lipinski definition) is 16. The third kappa shape index (κ3) is 5.52. The lowest BCUT2D eigenvalue weighted by atomic mass is 9.97. The van der Waals surface area contributed by atoms with E-state index in [1.54, 1.807) is 0 Å². The van der Waals surface area contributed by atoms with Gasteiger partial charge < -0.3 is 79.9 Å². The largest absolute Gasteiger partial charge is 0.394 e. The monoisotopic (exact) mass is 504 g/mol. The molecule has 0 radical (unpaired) electrons. The Kier molecular flexibility index (Phi) is 9.54. The van der Waals surface area contributed by atoms with E-state index >= 15 is 0 Å². The number of aliphatic hydroxyl groups is 11. The summed E-state index contributed by atoms with van der Waals surface area (Å²) in [5.74, 6) is 0. The molecule has 3 aliphatic heterocycles. The van der Waals surface area contributed by atoms with Crippen molar-refractivity contribution in [2.75, 3.05) is 19.8 Å². The van der Waals surface area contributed by atoms with Crippen LogP contribution in [0, 0.1) is 0 Å². The summed E-state index contributed by atoms with van der Waals surface area (Å²) < 4.78 is 26.4. The van der Waals surface area contributed by atoms with E-state index in [1.807, 2.05) is 0 Å². The van der Waals surface area contributed by atoms with E-state index in [9.17, 15) is 56.2 Å². The fourth-order valence-electron chi connectivity index (χ4n) is 3.95. The molecule has 11 N–H and O–H groups in total. The third-order valence-electron chi connectivity index (χ3n) is 6.07. The average molecular weight is 504 g/mol. The van der Waals surface area contributed by atoms with Gasteiger partial charge in [-0.2, -0.15) is 0 Å². The first-order chi connectivity index (χ1) is 16.0. The molecule has 0 aliphatic carbocycles. The Labute approximate surface area is 192 Å². The van der Waals surface area contributed by atoms with Crippen LogP contribution in [0.15, 0.2) is 0 Å². The molecule has 0 aromatic carbocycles. The molecule has 3 rings (SSSR count). The van der Waals surface area contributed by atoms with Gasteiger partial charge in [-0.05, 0) is 0 Å². The van der Waals surface area contributed by atoms with Crippen LogP contribution in [-0.4, -0.2) is 168 Å². The summed E-state index contributed by atoms with van der Waals surface area (Å²) in [5, 5.41) is 109. The van der Waals surface area contributed by atoms with Crippen molar-refractivity contribution in [3.63, 3.8) is 0 Å². The second-order valence-corrected chi connectivity index (χ2v) is 8.37. The molecule has 3 fully saturated rings. The van der Waals surface area contributed by atoms with Gasteiger partial charge in [-0.15, -0.1) is 0 Å². The van der Waals surface area contributed by atoms with Crippen molar-refractivity contribution in [2.45, 2.75) is 92.1 Å². The summed E-state index contributed by atoms with van der Waals surface area (Å²) in [6.45, 7) is -2.08. The zero-order chi connectivity index (χ0) is 25.3.